The first-order valence-corrected chi connectivity index (χ1v) is 2.93. The summed E-state index contributed by atoms with van der Waals surface area (Å²) in [6.45, 7) is 0. The summed E-state index contributed by atoms with van der Waals surface area (Å²) >= 11 is -3.18. The van der Waals surface area contributed by atoms with Crippen LogP contribution in [0.4, 0.5) is 0 Å². The van der Waals surface area contributed by atoms with Crippen molar-refractivity contribution in [3.8, 4) is 0 Å². The molecule has 0 saturated carbocycles. The van der Waals surface area contributed by atoms with Crippen molar-refractivity contribution in [2.75, 3.05) is 0 Å². The molecule has 0 N–H and O–H groups in total. The van der Waals surface area contributed by atoms with E-state index in [2.05, 4.69) is 0 Å². The molecule has 0 saturated heterocycles. The summed E-state index contributed by atoms with van der Waals surface area (Å²) in [5.74, 6) is 0. The van der Waals surface area contributed by atoms with E-state index in [0.717, 1.165) is 0 Å². The van der Waals surface area contributed by atoms with Gasteiger partial charge in [0.15, 0.2) is 0 Å². The number of hydrogen-bond acceptors (Lipinski definition) is 4. The second-order valence-corrected chi connectivity index (χ2v) is 0.842. The van der Waals surface area contributed by atoms with Crippen molar-refractivity contribution < 1.29 is 29.2 Å². The van der Waals surface area contributed by atoms with Crippen LogP contribution in [0.2, 0.25) is 0 Å². The Kier molecular flexibility index (Phi) is 14.3. The zero-order valence-electron chi connectivity index (χ0n) is 2.75. The Balaban J connectivity index is 0. The summed E-state index contributed by atoms with van der Waals surface area (Å²) in [6, 6.07) is 0. The Morgan fingerprint density at radius 2 is 1.00 bits per heavy atom. The molecule has 0 aliphatic rings. The Bertz CT molecular complexity index is 87.7. The van der Waals surface area contributed by atoms with Gasteiger partial charge in [0.05, 0.1) is 0 Å². The van der Waals surface area contributed by atoms with Gasteiger partial charge in [0.1, 0.15) is 0 Å². The van der Waals surface area contributed by atoms with Gasteiger partial charge < -0.3 is 0 Å². The Hall–Kier alpha value is 0.265. The summed E-state index contributed by atoms with van der Waals surface area (Å²) in [5.41, 5.74) is 0. The Labute approximate surface area is 45.8 Å². The topological polar surface area (TPSA) is 68.3 Å². The fraction of sp³-hybridized carbons (Fsp3) is 0. The summed E-state index contributed by atoms with van der Waals surface area (Å²) in [6.07, 6.45) is 0. The fourth-order valence-corrected chi connectivity index (χ4v) is 0. The fourth-order valence-electron chi connectivity index (χ4n) is 0. The standard InChI is InChI=1S/Al.Cr.4O.H. The molecule has 0 unspecified atom stereocenters. The number of hydrogen-bond donors (Lipinski definition) is 0. The molecule has 0 aromatic heterocycles. The average molecular weight is 144 g/mol. The molecule has 0 heterocycles. The molecule has 0 radical (unpaired) electrons. The predicted molar refractivity (Wildman–Crippen MR) is 9.89 cm³/mol. The van der Waals surface area contributed by atoms with Gasteiger partial charge in [-0.2, -0.15) is 0 Å². The van der Waals surface area contributed by atoms with Crippen LogP contribution in [-0.4, -0.2) is 16.2 Å². The van der Waals surface area contributed by atoms with E-state index in [1.54, 1.807) is 0 Å². The number of rotatable bonds is 0. The molecule has 6 heavy (non-hydrogen) atoms. The van der Waals surface area contributed by atoms with Crippen LogP contribution >= 0.6 is 0 Å². The van der Waals surface area contributed by atoms with Gasteiger partial charge in [0.2, 0.25) is 0 Å². The van der Waals surface area contributed by atoms with E-state index in [1.165, 1.54) is 0 Å². The van der Waals surface area contributed by atoms with Gasteiger partial charge in [0, 0.05) is 0 Å². The summed E-state index contributed by atoms with van der Waals surface area (Å²) in [5, 5.41) is 0. The summed E-state index contributed by atoms with van der Waals surface area (Å²) < 4.78 is 33.9. The minimum absolute atomic E-state index is 0.611. The molecule has 6 heteroatoms. The van der Waals surface area contributed by atoms with Crippen molar-refractivity contribution in [3.63, 3.8) is 0 Å². The van der Waals surface area contributed by atoms with Crippen LogP contribution in [0, 0.1) is 0 Å². The SMILES string of the molecule is [O]=[AlH].[O]=[Cr](=[O])=[O]. The Morgan fingerprint density at radius 3 is 1.00 bits per heavy atom. The molecule has 0 bridgehead atoms. The van der Waals surface area contributed by atoms with Crippen LogP contribution in [0.15, 0.2) is 0 Å². The molecule has 0 fully saturated rings. The molecule has 34 valence electrons. The molecule has 0 aliphatic carbocycles. The molecule has 0 aromatic carbocycles. The van der Waals surface area contributed by atoms with E-state index < -0.39 is 14.0 Å². The molecule has 4 nitrogen and oxygen atoms in total. The summed E-state index contributed by atoms with van der Waals surface area (Å²) in [4.78, 5) is 0. The van der Waals surface area contributed by atoms with E-state index in [0.29, 0.717) is 16.2 Å². The quantitative estimate of drug-likeness (QED) is 0.403. The molecule has 0 aromatic rings. The maximum absolute atomic E-state index is 8.54. The first kappa shape index (κ1) is 9.55. The normalized spacial score (nSPS) is 4.50. The maximum atomic E-state index is 8.54. The van der Waals surface area contributed by atoms with Crippen LogP contribution < -0.4 is 0 Å². The van der Waals surface area contributed by atoms with E-state index in [4.69, 9.17) is 15.2 Å². The van der Waals surface area contributed by atoms with Gasteiger partial charge in [-0.1, -0.05) is 0 Å². The van der Waals surface area contributed by atoms with Crippen LogP contribution in [0.5, 0.6) is 0 Å². The van der Waals surface area contributed by atoms with Crippen LogP contribution in [0.1, 0.15) is 0 Å². The van der Waals surface area contributed by atoms with Crippen molar-refractivity contribution in [1.29, 1.82) is 0 Å². The van der Waals surface area contributed by atoms with Gasteiger partial charge in [0.25, 0.3) is 0 Å². The molecule has 0 aliphatic heterocycles. The van der Waals surface area contributed by atoms with Crippen molar-refractivity contribution in [1.82, 2.24) is 0 Å². The van der Waals surface area contributed by atoms with Crippen LogP contribution in [0.3, 0.4) is 0 Å². The van der Waals surface area contributed by atoms with E-state index in [1.807, 2.05) is 0 Å². The zero-order valence-corrected chi connectivity index (χ0v) is 5.44. The zero-order chi connectivity index (χ0) is 5.58. The molecular formula is HAlCrO4. The average Bonchev–Trinajstić information content (AvgIpc) is 1.41. The molecular weight excluding hydrogens is 143 g/mol. The molecule has 0 atom stereocenters. The third-order valence-electron chi connectivity index (χ3n) is 0. The van der Waals surface area contributed by atoms with Crippen molar-refractivity contribution in [2.45, 2.75) is 0 Å². The predicted octanol–water partition coefficient (Wildman–Crippen LogP) is -1.13. The summed E-state index contributed by atoms with van der Waals surface area (Å²) in [7, 11) is 0. The molecule has 0 spiro atoms. The van der Waals surface area contributed by atoms with Crippen molar-refractivity contribution >= 4 is 16.2 Å². The monoisotopic (exact) mass is 144 g/mol. The van der Waals surface area contributed by atoms with E-state index in [9.17, 15) is 0 Å². The van der Waals surface area contributed by atoms with Crippen LogP contribution in [0.25, 0.3) is 0 Å². The van der Waals surface area contributed by atoms with Gasteiger partial charge >= 0.3 is 45.4 Å². The second-order valence-electron chi connectivity index (χ2n) is 0.204. The van der Waals surface area contributed by atoms with Gasteiger partial charge in [-0.25, -0.2) is 0 Å². The van der Waals surface area contributed by atoms with Crippen molar-refractivity contribution in [2.24, 2.45) is 0 Å². The third-order valence-corrected chi connectivity index (χ3v) is 0. The van der Waals surface area contributed by atoms with Crippen molar-refractivity contribution in [3.05, 3.63) is 0 Å². The van der Waals surface area contributed by atoms with Gasteiger partial charge in [-0.15, -0.1) is 0 Å². The van der Waals surface area contributed by atoms with Gasteiger partial charge in [-0.3, -0.25) is 0 Å². The minimum atomic E-state index is -3.79. The first-order chi connectivity index (χ1) is 2.73. The molecule has 0 rings (SSSR count). The van der Waals surface area contributed by atoms with E-state index in [-0.39, 0.29) is 0 Å². The molecule has 0 amide bonds. The Morgan fingerprint density at radius 1 is 1.00 bits per heavy atom. The van der Waals surface area contributed by atoms with E-state index >= 15 is 0 Å². The van der Waals surface area contributed by atoms with Crippen LogP contribution in [-0.2, 0) is 29.2 Å². The second kappa shape index (κ2) is 8.98. The first-order valence-electron chi connectivity index (χ1n) is 0.789. The third kappa shape index (κ3) is 648. The van der Waals surface area contributed by atoms with Gasteiger partial charge in [-0.05, 0) is 0 Å².